The first-order chi connectivity index (χ1) is 6.92. The lowest BCUT2D eigenvalue weighted by Crippen LogP contribution is -2.24. The molecule has 0 saturated heterocycles. The largest absolute Gasteiger partial charge is 0.455 e. The molecule has 0 aromatic carbocycles. The fraction of sp³-hybridized carbons (Fsp3) is 0.455. The third-order valence-electron chi connectivity index (χ3n) is 1.55. The van der Waals surface area contributed by atoms with Crippen molar-refractivity contribution in [3.63, 3.8) is 0 Å². The van der Waals surface area contributed by atoms with Crippen molar-refractivity contribution in [2.24, 2.45) is 0 Å². The summed E-state index contributed by atoms with van der Waals surface area (Å²) < 4.78 is 5.21. The maximum Gasteiger partial charge on any atom is 0.357 e. The third kappa shape index (κ3) is 4.00. The van der Waals surface area contributed by atoms with Gasteiger partial charge in [0.1, 0.15) is 11.3 Å². The maximum atomic E-state index is 11.6. The molecule has 0 amide bonds. The number of pyridine rings is 1. The number of nitrogens with zero attached hydrogens (tertiary/aromatic N) is 1. The molecule has 0 bridgehead atoms. The van der Waals surface area contributed by atoms with E-state index in [4.69, 9.17) is 4.74 Å². The summed E-state index contributed by atoms with van der Waals surface area (Å²) in [7, 11) is 0. The number of aromatic nitrogens is 1. The average molecular weight is 272 g/mol. The molecular weight excluding hydrogens is 258 g/mol. The molecule has 0 aliphatic carbocycles. The summed E-state index contributed by atoms with van der Waals surface area (Å²) in [6.45, 7) is 5.50. The number of esters is 1. The fourth-order valence-electron chi connectivity index (χ4n) is 0.998. The van der Waals surface area contributed by atoms with Crippen LogP contribution >= 0.6 is 15.9 Å². The lowest BCUT2D eigenvalue weighted by atomic mass is 10.2. The van der Waals surface area contributed by atoms with Gasteiger partial charge in [0.25, 0.3) is 0 Å². The van der Waals surface area contributed by atoms with E-state index >= 15 is 0 Å². The molecule has 0 radical (unpaired) electrons. The Bertz CT molecular complexity index is 358. The first-order valence-corrected chi connectivity index (χ1v) is 5.80. The number of alkyl halides is 1. The first-order valence-electron chi connectivity index (χ1n) is 4.67. The number of rotatable bonds is 2. The number of hydrogen-bond donors (Lipinski definition) is 0. The van der Waals surface area contributed by atoms with Crippen LogP contribution in [0.1, 0.15) is 37.0 Å². The van der Waals surface area contributed by atoms with Gasteiger partial charge in [0.2, 0.25) is 0 Å². The summed E-state index contributed by atoms with van der Waals surface area (Å²) in [5, 5.41) is 0.629. The van der Waals surface area contributed by atoms with Crippen molar-refractivity contribution in [2.75, 3.05) is 0 Å². The zero-order chi connectivity index (χ0) is 11.5. The maximum absolute atomic E-state index is 11.6. The molecule has 1 heterocycles. The van der Waals surface area contributed by atoms with Gasteiger partial charge in [-0.2, -0.15) is 0 Å². The minimum Gasteiger partial charge on any atom is -0.455 e. The van der Waals surface area contributed by atoms with Crippen molar-refractivity contribution in [2.45, 2.75) is 31.7 Å². The Hall–Kier alpha value is -0.900. The van der Waals surface area contributed by atoms with Crippen LogP contribution in [-0.4, -0.2) is 16.6 Å². The van der Waals surface area contributed by atoms with Gasteiger partial charge in [0, 0.05) is 5.33 Å². The van der Waals surface area contributed by atoms with Gasteiger partial charge < -0.3 is 4.74 Å². The number of halogens is 1. The van der Waals surface area contributed by atoms with Gasteiger partial charge in [0.05, 0.1) is 5.69 Å². The molecule has 0 spiro atoms. The molecule has 1 aromatic rings. The molecule has 0 saturated carbocycles. The van der Waals surface area contributed by atoms with Crippen molar-refractivity contribution in [3.05, 3.63) is 29.6 Å². The van der Waals surface area contributed by atoms with E-state index < -0.39 is 5.60 Å². The zero-order valence-corrected chi connectivity index (χ0v) is 10.7. The van der Waals surface area contributed by atoms with Crippen molar-refractivity contribution in [1.82, 2.24) is 4.98 Å². The molecule has 4 heteroatoms. The van der Waals surface area contributed by atoms with Crippen LogP contribution < -0.4 is 0 Å². The highest BCUT2D eigenvalue weighted by Crippen LogP contribution is 2.11. The molecule has 82 valence electrons. The van der Waals surface area contributed by atoms with Crippen LogP contribution in [0.3, 0.4) is 0 Å². The normalized spacial score (nSPS) is 11.2. The molecule has 1 rings (SSSR count). The highest BCUT2D eigenvalue weighted by atomic mass is 79.9. The minimum absolute atomic E-state index is 0.349. The minimum atomic E-state index is -0.483. The van der Waals surface area contributed by atoms with Crippen LogP contribution in [0.25, 0.3) is 0 Å². The first kappa shape index (κ1) is 12.2. The summed E-state index contributed by atoms with van der Waals surface area (Å²) >= 11 is 3.29. The van der Waals surface area contributed by atoms with Crippen LogP contribution in [0.4, 0.5) is 0 Å². The van der Waals surface area contributed by atoms with E-state index in [0.717, 1.165) is 5.69 Å². The molecule has 0 unspecified atom stereocenters. The van der Waals surface area contributed by atoms with Crippen LogP contribution in [-0.2, 0) is 10.1 Å². The van der Waals surface area contributed by atoms with Gasteiger partial charge in [-0.05, 0) is 32.9 Å². The van der Waals surface area contributed by atoms with E-state index in [1.165, 1.54) is 0 Å². The Kier molecular flexibility index (Phi) is 3.85. The van der Waals surface area contributed by atoms with E-state index in [-0.39, 0.29) is 5.97 Å². The standard InChI is InChI=1S/C11H14BrNO2/c1-11(2,3)15-10(14)9-6-4-5-8(7-12)13-9/h4-6H,7H2,1-3H3. The second-order valence-corrected chi connectivity index (χ2v) is 4.71. The van der Waals surface area contributed by atoms with E-state index in [1.54, 1.807) is 12.1 Å². The quantitative estimate of drug-likeness (QED) is 0.613. The average Bonchev–Trinajstić information content (AvgIpc) is 2.15. The van der Waals surface area contributed by atoms with Crippen molar-refractivity contribution >= 4 is 21.9 Å². The molecule has 0 N–H and O–H groups in total. The molecule has 15 heavy (non-hydrogen) atoms. The number of carbonyl (C=O) groups excluding carboxylic acids is 1. The van der Waals surface area contributed by atoms with E-state index in [0.29, 0.717) is 11.0 Å². The number of ether oxygens (including phenoxy) is 1. The predicted octanol–water partition coefficient (Wildman–Crippen LogP) is 2.93. The third-order valence-corrected chi connectivity index (χ3v) is 2.13. The van der Waals surface area contributed by atoms with Crippen LogP contribution in [0, 0.1) is 0 Å². The predicted molar refractivity (Wildman–Crippen MR) is 62.0 cm³/mol. The second-order valence-electron chi connectivity index (χ2n) is 4.15. The summed E-state index contributed by atoms with van der Waals surface area (Å²) in [5.41, 5.74) is 0.684. The summed E-state index contributed by atoms with van der Waals surface area (Å²) in [6, 6.07) is 5.30. The van der Waals surface area contributed by atoms with Crippen molar-refractivity contribution < 1.29 is 9.53 Å². The molecule has 3 nitrogen and oxygen atoms in total. The van der Waals surface area contributed by atoms with Gasteiger partial charge in [-0.3, -0.25) is 0 Å². The van der Waals surface area contributed by atoms with Gasteiger partial charge in [0.15, 0.2) is 0 Å². The van der Waals surface area contributed by atoms with E-state index in [2.05, 4.69) is 20.9 Å². The Morgan fingerprint density at radius 1 is 1.47 bits per heavy atom. The number of hydrogen-bond acceptors (Lipinski definition) is 3. The molecule has 0 fully saturated rings. The van der Waals surface area contributed by atoms with E-state index in [1.807, 2.05) is 26.8 Å². The highest BCUT2D eigenvalue weighted by molar-refractivity contribution is 9.08. The van der Waals surface area contributed by atoms with Gasteiger partial charge >= 0.3 is 5.97 Å². The van der Waals surface area contributed by atoms with Crippen LogP contribution in [0.15, 0.2) is 18.2 Å². The van der Waals surface area contributed by atoms with E-state index in [9.17, 15) is 4.79 Å². The van der Waals surface area contributed by atoms with Crippen LogP contribution in [0.5, 0.6) is 0 Å². The molecule has 0 aliphatic heterocycles. The fourth-order valence-corrected chi connectivity index (χ4v) is 1.31. The summed E-state index contributed by atoms with van der Waals surface area (Å²) in [5.74, 6) is -0.384. The lowest BCUT2D eigenvalue weighted by molar-refractivity contribution is 0.00626. The molecule has 0 atom stereocenters. The van der Waals surface area contributed by atoms with Crippen molar-refractivity contribution in [3.8, 4) is 0 Å². The lowest BCUT2D eigenvalue weighted by Gasteiger charge is -2.19. The Morgan fingerprint density at radius 3 is 2.67 bits per heavy atom. The topological polar surface area (TPSA) is 39.2 Å². The Labute approximate surface area is 98.0 Å². The Morgan fingerprint density at radius 2 is 2.13 bits per heavy atom. The smallest absolute Gasteiger partial charge is 0.357 e. The Balaban J connectivity index is 2.82. The number of carbonyl (C=O) groups is 1. The molecule has 1 aromatic heterocycles. The monoisotopic (exact) mass is 271 g/mol. The zero-order valence-electron chi connectivity index (χ0n) is 9.08. The summed E-state index contributed by atoms with van der Waals surface area (Å²) in [4.78, 5) is 15.8. The van der Waals surface area contributed by atoms with Crippen LogP contribution in [0.2, 0.25) is 0 Å². The van der Waals surface area contributed by atoms with Crippen molar-refractivity contribution in [1.29, 1.82) is 0 Å². The highest BCUT2D eigenvalue weighted by Gasteiger charge is 2.18. The van der Waals surface area contributed by atoms with Gasteiger partial charge in [-0.1, -0.05) is 22.0 Å². The van der Waals surface area contributed by atoms with Gasteiger partial charge in [-0.15, -0.1) is 0 Å². The summed E-state index contributed by atoms with van der Waals surface area (Å²) in [6.07, 6.45) is 0. The molecular formula is C11H14BrNO2. The molecule has 0 aliphatic rings. The van der Waals surface area contributed by atoms with Gasteiger partial charge in [-0.25, -0.2) is 9.78 Å². The SMILES string of the molecule is CC(C)(C)OC(=O)c1cccc(CBr)n1. The second kappa shape index (κ2) is 4.75.